The predicted molar refractivity (Wildman–Crippen MR) is 84.2 cm³/mol. The molecule has 0 saturated heterocycles. The summed E-state index contributed by atoms with van der Waals surface area (Å²) in [4.78, 5) is 23.6. The molecule has 21 heavy (non-hydrogen) atoms. The molecule has 0 spiro atoms. The number of benzene rings is 1. The van der Waals surface area contributed by atoms with Crippen molar-refractivity contribution >= 4 is 17.5 Å². The van der Waals surface area contributed by atoms with Gasteiger partial charge in [-0.15, -0.1) is 0 Å². The lowest BCUT2D eigenvalue weighted by Gasteiger charge is -2.08. The fraction of sp³-hybridized carbons (Fsp3) is 0.529. The van der Waals surface area contributed by atoms with E-state index in [2.05, 4.69) is 24.5 Å². The van der Waals surface area contributed by atoms with Gasteiger partial charge in [0, 0.05) is 23.7 Å². The van der Waals surface area contributed by atoms with Crippen LogP contribution in [-0.2, 0) is 4.79 Å². The quantitative estimate of drug-likeness (QED) is 0.757. The van der Waals surface area contributed by atoms with Gasteiger partial charge in [0.1, 0.15) is 0 Å². The largest absolute Gasteiger partial charge is 0.352 e. The van der Waals surface area contributed by atoms with Crippen molar-refractivity contribution in [2.24, 2.45) is 11.8 Å². The first kappa shape index (κ1) is 15.5. The summed E-state index contributed by atoms with van der Waals surface area (Å²) in [5.41, 5.74) is 1.38. The van der Waals surface area contributed by atoms with Crippen LogP contribution in [0.2, 0.25) is 0 Å². The van der Waals surface area contributed by atoms with E-state index < -0.39 is 0 Å². The van der Waals surface area contributed by atoms with E-state index in [1.54, 1.807) is 24.3 Å². The zero-order chi connectivity index (χ0) is 15.2. The topological polar surface area (TPSA) is 58.2 Å². The highest BCUT2D eigenvalue weighted by Crippen LogP contribution is 2.30. The molecule has 1 fully saturated rings. The Morgan fingerprint density at radius 1 is 1.19 bits per heavy atom. The van der Waals surface area contributed by atoms with Crippen LogP contribution in [-0.4, -0.2) is 18.4 Å². The van der Waals surface area contributed by atoms with E-state index in [1.807, 2.05) is 0 Å². The van der Waals surface area contributed by atoms with Crippen LogP contribution in [0.25, 0.3) is 0 Å². The van der Waals surface area contributed by atoms with Gasteiger partial charge in [0.15, 0.2) is 0 Å². The Kier molecular flexibility index (Phi) is 5.37. The number of hydrogen-bond donors (Lipinski definition) is 2. The summed E-state index contributed by atoms with van der Waals surface area (Å²) in [6.45, 7) is 5.06. The first-order valence-corrected chi connectivity index (χ1v) is 7.75. The van der Waals surface area contributed by atoms with Gasteiger partial charge < -0.3 is 10.6 Å². The highest BCUT2D eigenvalue weighted by atomic mass is 16.2. The van der Waals surface area contributed by atoms with Crippen molar-refractivity contribution in [2.45, 2.75) is 39.5 Å². The van der Waals surface area contributed by atoms with Crippen molar-refractivity contribution in [1.82, 2.24) is 5.32 Å². The number of anilines is 1. The molecular weight excluding hydrogens is 264 g/mol. The van der Waals surface area contributed by atoms with Crippen LogP contribution < -0.4 is 10.6 Å². The molecule has 1 aromatic carbocycles. The standard InChI is InChI=1S/C17H24N2O2/c1-12(2)4-3-11-18-16(20)13-7-9-15(10-8-13)19-17(21)14-5-6-14/h7-10,12,14H,3-6,11H2,1-2H3,(H,18,20)(H,19,21). The van der Waals surface area contributed by atoms with E-state index in [9.17, 15) is 9.59 Å². The molecule has 0 aliphatic heterocycles. The number of nitrogens with one attached hydrogen (secondary N) is 2. The maximum absolute atomic E-state index is 11.9. The Hall–Kier alpha value is -1.84. The summed E-state index contributed by atoms with van der Waals surface area (Å²) in [6, 6.07) is 7.06. The average Bonchev–Trinajstić information content (AvgIpc) is 3.28. The highest BCUT2D eigenvalue weighted by molar-refractivity contribution is 5.96. The van der Waals surface area contributed by atoms with Crippen LogP contribution >= 0.6 is 0 Å². The molecule has 0 aromatic heterocycles. The Bertz CT molecular complexity index is 490. The lowest BCUT2D eigenvalue weighted by atomic mass is 10.1. The third kappa shape index (κ3) is 5.21. The van der Waals surface area contributed by atoms with Gasteiger partial charge >= 0.3 is 0 Å². The molecule has 1 aliphatic rings. The van der Waals surface area contributed by atoms with Crippen LogP contribution in [0.4, 0.5) is 5.69 Å². The van der Waals surface area contributed by atoms with E-state index in [4.69, 9.17) is 0 Å². The maximum atomic E-state index is 11.9. The van der Waals surface area contributed by atoms with E-state index in [-0.39, 0.29) is 17.7 Å². The molecule has 4 nitrogen and oxygen atoms in total. The summed E-state index contributed by atoms with van der Waals surface area (Å²) in [7, 11) is 0. The van der Waals surface area contributed by atoms with Crippen LogP contribution in [0.5, 0.6) is 0 Å². The maximum Gasteiger partial charge on any atom is 0.251 e. The van der Waals surface area contributed by atoms with Gasteiger partial charge in [-0.3, -0.25) is 9.59 Å². The summed E-state index contributed by atoms with van der Waals surface area (Å²) in [5, 5.41) is 5.78. The first-order valence-electron chi connectivity index (χ1n) is 7.75. The number of carbonyl (C=O) groups is 2. The molecule has 0 atom stereocenters. The monoisotopic (exact) mass is 288 g/mol. The fourth-order valence-electron chi connectivity index (χ4n) is 2.11. The Morgan fingerprint density at radius 3 is 2.43 bits per heavy atom. The first-order chi connectivity index (χ1) is 10.1. The molecule has 4 heteroatoms. The molecule has 114 valence electrons. The molecule has 1 aliphatic carbocycles. The van der Waals surface area contributed by atoms with E-state index >= 15 is 0 Å². The van der Waals surface area contributed by atoms with E-state index in [0.717, 1.165) is 31.4 Å². The molecule has 0 bridgehead atoms. The van der Waals surface area contributed by atoms with Crippen LogP contribution in [0, 0.1) is 11.8 Å². The van der Waals surface area contributed by atoms with Crippen molar-refractivity contribution < 1.29 is 9.59 Å². The Labute approximate surface area is 126 Å². The summed E-state index contributed by atoms with van der Waals surface area (Å²) < 4.78 is 0. The lowest BCUT2D eigenvalue weighted by molar-refractivity contribution is -0.117. The fourth-order valence-corrected chi connectivity index (χ4v) is 2.11. The Morgan fingerprint density at radius 2 is 1.86 bits per heavy atom. The van der Waals surface area contributed by atoms with Gasteiger partial charge in [-0.05, 0) is 55.9 Å². The Balaban J connectivity index is 1.77. The molecule has 0 heterocycles. The number of amides is 2. The van der Waals surface area contributed by atoms with Crippen molar-refractivity contribution in [1.29, 1.82) is 0 Å². The lowest BCUT2D eigenvalue weighted by Crippen LogP contribution is -2.24. The van der Waals surface area contributed by atoms with Gasteiger partial charge in [0.05, 0.1) is 0 Å². The van der Waals surface area contributed by atoms with Crippen LogP contribution in [0.1, 0.15) is 49.9 Å². The van der Waals surface area contributed by atoms with Gasteiger partial charge in [-0.1, -0.05) is 13.8 Å². The molecule has 1 aromatic rings. The van der Waals surface area contributed by atoms with E-state index in [1.165, 1.54) is 0 Å². The van der Waals surface area contributed by atoms with Crippen molar-refractivity contribution in [3.63, 3.8) is 0 Å². The second-order valence-electron chi connectivity index (χ2n) is 6.13. The minimum absolute atomic E-state index is 0.0566. The molecule has 0 radical (unpaired) electrons. The minimum atomic E-state index is -0.0566. The number of rotatable bonds is 7. The SMILES string of the molecule is CC(C)CCCNC(=O)c1ccc(NC(=O)C2CC2)cc1. The third-order valence-corrected chi connectivity index (χ3v) is 3.61. The molecule has 2 N–H and O–H groups in total. The molecule has 0 unspecified atom stereocenters. The van der Waals surface area contributed by atoms with Gasteiger partial charge in [0.25, 0.3) is 5.91 Å². The highest BCUT2D eigenvalue weighted by Gasteiger charge is 2.29. The normalized spacial score (nSPS) is 14.0. The average molecular weight is 288 g/mol. The number of carbonyl (C=O) groups excluding carboxylic acids is 2. The summed E-state index contributed by atoms with van der Waals surface area (Å²) >= 11 is 0. The second-order valence-corrected chi connectivity index (χ2v) is 6.13. The molecular formula is C17H24N2O2. The van der Waals surface area contributed by atoms with Crippen LogP contribution in [0.3, 0.4) is 0 Å². The van der Waals surface area contributed by atoms with Gasteiger partial charge in [0.2, 0.25) is 5.91 Å². The van der Waals surface area contributed by atoms with Crippen molar-refractivity contribution in [2.75, 3.05) is 11.9 Å². The minimum Gasteiger partial charge on any atom is -0.352 e. The zero-order valence-electron chi connectivity index (χ0n) is 12.8. The number of hydrogen-bond acceptors (Lipinski definition) is 2. The second kappa shape index (κ2) is 7.25. The van der Waals surface area contributed by atoms with Gasteiger partial charge in [-0.2, -0.15) is 0 Å². The van der Waals surface area contributed by atoms with Crippen molar-refractivity contribution in [3.05, 3.63) is 29.8 Å². The zero-order valence-corrected chi connectivity index (χ0v) is 12.8. The molecule has 2 amide bonds. The van der Waals surface area contributed by atoms with Gasteiger partial charge in [-0.25, -0.2) is 0 Å². The van der Waals surface area contributed by atoms with Crippen molar-refractivity contribution in [3.8, 4) is 0 Å². The smallest absolute Gasteiger partial charge is 0.251 e. The summed E-state index contributed by atoms with van der Waals surface area (Å²) in [6.07, 6.45) is 4.09. The molecule has 2 rings (SSSR count). The van der Waals surface area contributed by atoms with E-state index in [0.29, 0.717) is 18.0 Å². The summed E-state index contributed by atoms with van der Waals surface area (Å²) in [5.74, 6) is 0.880. The molecule has 1 saturated carbocycles. The predicted octanol–water partition coefficient (Wildman–Crippen LogP) is 3.20. The van der Waals surface area contributed by atoms with Crippen LogP contribution in [0.15, 0.2) is 24.3 Å². The third-order valence-electron chi connectivity index (χ3n) is 3.61.